The van der Waals surface area contributed by atoms with Gasteiger partial charge in [-0.25, -0.2) is 4.79 Å². The van der Waals surface area contributed by atoms with Gasteiger partial charge in [0.05, 0.1) is 17.6 Å². The Kier molecular flexibility index (Phi) is 8.62. The lowest BCUT2D eigenvalue weighted by Gasteiger charge is -2.14. The number of carboxylic acids is 1. The molecule has 2 amide bonds. The third-order valence-corrected chi connectivity index (χ3v) is 6.34. The maximum Gasteiger partial charge on any atom is 0.335 e. The highest BCUT2D eigenvalue weighted by molar-refractivity contribution is 8.26. The first-order valence-electron chi connectivity index (χ1n) is 10.4. The van der Waals surface area contributed by atoms with Crippen molar-refractivity contribution < 1.29 is 24.2 Å². The number of anilines is 1. The van der Waals surface area contributed by atoms with Crippen molar-refractivity contribution in [3.05, 3.63) is 64.6 Å². The highest BCUT2D eigenvalue weighted by atomic mass is 32.2. The first kappa shape index (κ1) is 24.5. The van der Waals surface area contributed by atoms with Crippen LogP contribution in [0.15, 0.2) is 53.4 Å². The Morgan fingerprint density at radius 1 is 1.15 bits per heavy atom. The van der Waals surface area contributed by atoms with E-state index < -0.39 is 5.97 Å². The summed E-state index contributed by atoms with van der Waals surface area (Å²) in [6.45, 7) is 0.507. The van der Waals surface area contributed by atoms with Gasteiger partial charge in [-0.15, -0.1) is 0 Å². The molecule has 1 aliphatic rings. The molecule has 0 atom stereocenters. The number of thiocarbonyl (C=S) groups is 1. The molecular weight excluding hydrogens is 460 g/mol. The first-order valence-corrected chi connectivity index (χ1v) is 11.6. The number of benzene rings is 2. The van der Waals surface area contributed by atoms with Gasteiger partial charge in [-0.3, -0.25) is 14.5 Å². The van der Waals surface area contributed by atoms with Gasteiger partial charge in [0.15, 0.2) is 0 Å². The molecule has 0 bridgehead atoms. The first-order chi connectivity index (χ1) is 15.9. The third-order valence-electron chi connectivity index (χ3n) is 4.97. The quantitative estimate of drug-likeness (QED) is 0.284. The van der Waals surface area contributed by atoms with Crippen LogP contribution in [0.5, 0.6) is 5.75 Å². The fourth-order valence-corrected chi connectivity index (χ4v) is 4.54. The lowest BCUT2D eigenvalue weighted by molar-refractivity contribution is -0.122. The zero-order valence-corrected chi connectivity index (χ0v) is 19.7. The molecule has 33 heavy (non-hydrogen) atoms. The van der Waals surface area contributed by atoms with Crippen LogP contribution >= 0.6 is 24.0 Å². The predicted molar refractivity (Wildman–Crippen MR) is 133 cm³/mol. The van der Waals surface area contributed by atoms with Crippen LogP contribution in [0.2, 0.25) is 0 Å². The molecule has 3 rings (SSSR count). The fourth-order valence-electron chi connectivity index (χ4n) is 3.23. The van der Waals surface area contributed by atoms with Gasteiger partial charge in [0, 0.05) is 18.7 Å². The van der Waals surface area contributed by atoms with Crippen molar-refractivity contribution in [1.82, 2.24) is 4.90 Å². The molecule has 0 aliphatic carbocycles. The van der Waals surface area contributed by atoms with Crippen LogP contribution in [-0.2, 0) is 9.59 Å². The summed E-state index contributed by atoms with van der Waals surface area (Å²) in [5.74, 6) is -0.565. The van der Waals surface area contributed by atoms with E-state index in [1.165, 1.54) is 23.9 Å². The van der Waals surface area contributed by atoms with Crippen molar-refractivity contribution in [2.45, 2.75) is 25.7 Å². The molecule has 9 heteroatoms. The lowest BCUT2D eigenvalue weighted by Crippen LogP contribution is -2.29. The number of amides is 2. The van der Waals surface area contributed by atoms with Crippen LogP contribution in [0.4, 0.5) is 5.69 Å². The fraction of sp³-hybridized carbons (Fsp3) is 0.250. The van der Waals surface area contributed by atoms with Crippen molar-refractivity contribution in [2.75, 3.05) is 19.0 Å². The molecule has 1 fully saturated rings. The second kappa shape index (κ2) is 11.6. The van der Waals surface area contributed by atoms with Crippen LogP contribution in [0.1, 0.15) is 41.6 Å². The number of hydrogen-bond acceptors (Lipinski definition) is 6. The van der Waals surface area contributed by atoms with E-state index in [1.807, 2.05) is 30.3 Å². The third kappa shape index (κ3) is 6.90. The standard InChI is InChI=1S/C24H24N2O5S2/c1-31-19-11-9-16(10-12-19)14-20-22(28)26(24(32)33-20)13-4-2-3-8-21(27)25-18-7-5-6-17(15-18)23(29)30/h5-7,9-12,14-15H,2-4,8,13H2,1H3,(H,25,27)(H,29,30). The molecule has 2 N–H and O–H groups in total. The minimum Gasteiger partial charge on any atom is -0.497 e. The van der Waals surface area contributed by atoms with Crippen LogP contribution in [0.3, 0.4) is 0 Å². The number of methoxy groups -OCH3 is 1. The van der Waals surface area contributed by atoms with E-state index in [4.69, 9.17) is 22.1 Å². The van der Waals surface area contributed by atoms with E-state index in [-0.39, 0.29) is 17.4 Å². The number of carboxylic acid groups (broad SMARTS) is 1. The number of hydrogen-bond donors (Lipinski definition) is 2. The summed E-state index contributed by atoms with van der Waals surface area (Å²) < 4.78 is 5.69. The molecule has 0 aromatic heterocycles. The second-order valence-electron chi connectivity index (χ2n) is 7.35. The predicted octanol–water partition coefficient (Wildman–Crippen LogP) is 4.79. The molecule has 1 aliphatic heterocycles. The minimum absolute atomic E-state index is 0.100. The molecule has 0 radical (unpaired) electrons. The summed E-state index contributed by atoms with van der Waals surface area (Å²) in [7, 11) is 1.60. The highest BCUT2D eigenvalue weighted by Crippen LogP contribution is 2.33. The Labute approximate surface area is 201 Å². The van der Waals surface area contributed by atoms with Gasteiger partial charge in [-0.2, -0.15) is 0 Å². The van der Waals surface area contributed by atoms with E-state index >= 15 is 0 Å². The maximum absolute atomic E-state index is 12.7. The van der Waals surface area contributed by atoms with Crippen molar-refractivity contribution in [1.29, 1.82) is 0 Å². The summed E-state index contributed by atoms with van der Waals surface area (Å²) in [6.07, 6.45) is 4.28. The normalized spacial score (nSPS) is 14.6. The average molecular weight is 485 g/mol. The van der Waals surface area contributed by atoms with Crippen molar-refractivity contribution in [3.8, 4) is 5.75 Å². The molecular formula is C24H24N2O5S2. The number of carbonyl (C=O) groups excluding carboxylic acids is 2. The number of nitrogens with one attached hydrogen (secondary N) is 1. The highest BCUT2D eigenvalue weighted by Gasteiger charge is 2.31. The summed E-state index contributed by atoms with van der Waals surface area (Å²) in [5.41, 5.74) is 1.48. The summed E-state index contributed by atoms with van der Waals surface area (Å²) in [5, 5.41) is 11.7. The zero-order valence-electron chi connectivity index (χ0n) is 18.1. The van der Waals surface area contributed by atoms with Gasteiger partial charge in [0.2, 0.25) is 5.91 Å². The van der Waals surface area contributed by atoms with Crippen molar-refractivity contribution in [2.24, 2.45) is 0 Å². The van der Waals surface area contributed by atoms with Gasteiger partial charge in [-0.05, 0) is 54.8 Å². The van der Waals surface area contributed by atoms with Crippen LogP contribution in [0, 0.1) is 0 Å². The molecule has 0 saturated carbocycles. The number of rotatable bonds is 10. The smallest absolute Gasteiger partial charge is 0.335 e. The second-order valence-corrected chi connectivity index (χ2v) is 9.03. The number of thioether (sulfide) groups is 1. The van der Waals surface area contributed by atoms with Gasteiger partial charge < -0.3 is 15.2 Å². The Morgan fingerprint density at radius 3 is 2.61 bits per heavy atom. The number of nitrogens with zero attached hydrogens (tertiary/aromatic N) is 1. The topological polar surface area (TPSA) is 95.9 Å². The molecule has 0 spiro atoms. The summed E-state index contributed by atoms with van der Waals surface area (Å²) in [6, 6.07) is 13.6. The van der Waals surface area contributed by atoms with Crippen molar-refractivity contribution in [3.63, 3.8) is 0 Å². The number of unbranched alkanes of at least 4 members (excludes halogenated alkanes) is 2. The Hall–Kier alpha value is -3.17. The SMILES string of the molecule is COc1ccc(C=C2SC(=S)N(CCCCCC(=O)Nc3cccc(C(=O)O)c3)C2=O)cc1. The van der Waals surface area contributed by atoms with Crippen molar-refractivity contribution >= 4 is 57.8 Å². The van der Waals surface area contributed by atoms with Gasteiger partial charge in [-0.1, -0.05) is 48.6 Å². The van der Waals surface area contributed by atoms with Crippen LogP contribution in [-0.4, -0.2) is 45.8 Å². The molecule has 7 nitrogen and oxygen atoms in total. The van der Waals surface area contributed by atoms with Gasteiger partial charge in [0.25, 0.3) is 5.91 Å². The molecule has 0 unspecified atom stereocenters. The van der Waals surface area contributed by atoms with Crippen LogP contribution in [0.25, 0.3) is 6.08 Å². The monoisotopic (exact) mass is 484 g/mol. The number of ether oxygens (including phenoxy) is 1. The van der Waals surface area contributed by atoms with E-state index in [0.29, 0.717) is 34.3 Å². The number of aromatic carboxylic acids is 1. The maximum atomic E-state index is 12.7. The van der Waals surface area contributed by atoms with Gasteiger partial charge >= 0.3 is 5.97 Å². The van der Waals surface area contributed by atoms with Crippen LogP contribution < -0.4 is 10.1 Å². The molecule has 1 saturated heterocycles. The molecule has 1 heterocycles. The zero-order chi connectivity index (χ0) is 23.8. The van der Waals surface area contributed by atoms with E-state index in [1.54, 1.807) is 24.1 Å². The molecule has 2 aromatic rings. The average Bonchev–Trinajstić information content (AvgIpc) is 3.06. The minimum atomic E-state index is -1.04. The molecule has 172 valence electrons. The van der Waals surface area contributed by atoms with E-state index in [9.17, 15) is 14.4 Å². The Balaban J connectivity index is 1.42. The summed E-state index contributed by atoms with van der Waals surface area (Å²) >= 11 is 6.66. The Morgan fingerprint density at radius 2 is 1.91 bits per heavy atom. The lowest BCUT2D eigenvalue weighted by atomic mass is 10.1. The van der Waals surface area contributed by atoms with E-state index in [2.05, 4.69) is 5.32 Å². The largest absolute Gasteiger partial charge is 0.497 e. The summed E-state index contributed by atoms with van der Waals surface area (Å²) in [4.78, 5) is 38.0. The van der Waals surface area contributed by atoms with E-state index in [0.717, 1.165) is 24.2 Å². The van der Waals surface area contributed by atoms with Gasteiger partial charge in [0.1, 0.15) is 10.1 Å². The number of carbonyl (C=O) groups is 3. The Bertz CT molecular complexity index is 1080. The molecule has 2 aromatic carbocycles.